The largest absolute Gasteiger partial charge is 0.497 e. The zero-order valence-corrected chi connectivity index (χ0v) is 16.8. The van der Waals surface area contributed by atoms with Crippen LogP contribution in [0, 0.1) is 0 Å². The Bertz CT molecular complexity index is 980. The molecule has 3 aromatic rings. The van der Waals surface area contributed by atoms with E-state index >= 15 is 0 Å². The molecule has 3 aromatic carbocycles. The van der Waals surface area contributed by atoms with Crippen molar-refractivity contribution in [3.8, 4) is 11.5 Å². The quantitative estimate of drug-likeness (QED) is 0.553. The summed E-state index contributed by atoms with van der Waals surface area (Å²) in [7, 11) is 3.30. The van der Waals surface area contributed by atoms with Gasteiger partial charge in [0, 0.05) is 24.2 Å². The van der Waals surface area contributed by atoms with Gasteiger partial charge in [0.1, 0.15) is 11.5 Å². The molecule has 29 heavy (non-hydrogen) atoms. The summed E-state index contributed by atoms with van der Waals surface area (Å²) in [6, 6.07) is 23.9. The Labute approximate surface area is 171 Å². The van der Waals surface area contributed by atoms with E-state index in [1.807, 2.05) is 36.4 Å². The Morgan fingerprint density at radius 1 is 0.897 bits per heavy atom. The van der Waals surface area contributed by atoms with Crippen LogP contribution in [0.5, 0.6) is 11.5 Å². The van der Waals surface area contributed by atoms with Gasteiger partial charge >= 0.3 is 0 Å². The Hall–Kier alpha value is -3.27. The summed E-state index contributed by atoms with van der Waals surface area (Å²) >= 11 is 0. The molecule has 0 amide bonds. The van der Waals surface area contributed by atoms with Crippen molar-refractivity contribution < 1.29 is 14.3 Å². The molecular formula is C25H25NO3. The second-order valence-corrected chi connectivity index (χ2v) is 7.21. The molecular weight excluding hydrogens is 362 g/mol. The van der Waals surface area contributed by atoms with E-state index in [9.17, 15) is 4.79 Å². The van der Waals surface area contributed by atoms with Crippen LogP contribution >= 0.6 is 0 Å². The van der Waals surface area contributed by atoms with E-state index in [1.54, 1.807) is 14.2 Å². The first-order valence-corrected chi connectivity index (χ1v) is 9.85. The Morgan fingerprint density at radius 2 is 1.52 bits per heavy atom. The molecule has 4 heteroatoms. The zero-order chi connectivity index (χ0) is 20.2. The van der Waals surface area contributed by atoms with Crippen LogP contribution in [0.25, 0.3) is 0 Å². The topological polar surface area (TPSA) is 38.8 Å². The van der Waals surface area contributed by atoms with E-state index in [2.05, 4.69) is 41.3 Å². The molecule has 1 aliphatic heterocycles. The molecule has 4 nitrogen and oxygen atoms in total. The highest BCUT2D eigenvalue weighted by Gasteiger charge is 2.29. The molecule has 4 rings (SSSR count). The van der Waals surface area contributed by atoms with Crippen molar-refractivity contribution in [3.63, 3.8) is 0 Å². The highest BCUT2D eigenvalue weighted by molar-refractivity contribution is 5.97. The van der Waals surface area contributed by atoms with E-state index in [1.165, 1.54) is 11.1 Å². The number of benzene rings is 3. The van der Waals surface area contributed by atoms with Crippen molar-refractivity contribution in [2.24, 2.45) is 0 Å². The van der Waals surface area contributed by atoms with E-state index in [0.717, 1.165) is 30.2 Å². The number of methoxy groups -OCH3 is 2. The third kappa shape index (κ3) is 3.97. The fourth-order valence-corrected chi connectivity index (χ4v) is 4.02. The van der Waals surface area contributed by atoms with E-state index in [4.69, 9.17) is 9.47 Å². The van der Waals surface area contributed by atoms with Gasteiger partial charge in [-0.3, -0.25) is 4.79 Å². The smallest absolute Gasteiger partial charge is 0.165 e. The van der Waals surface area contributed by atoms with Crippen molar-refractivity contribution in [2.45, 2.75) is 18.9 Å². The summed E-state index contributed by atoms with van der Waals surface area (Å²) in [6.07, 6.45) is 1.39. The minimum Gasteiger partial charge on any atom is -0.497 e. The second-order valence-electron chi connectivity index (χ2n) is 7.21. The van der Waals surface area contributed by atoms with Gasteiger partial charge in [-0.05, 0) is 66.1 Å². The lowest BCUT2D eigenvalue weighted by Crippen LogP contribution is -2.36. The molecule has 1 heterocycles. The van der Waals surface area contributed by atoms with E-state index < -0.39 is 0 Å². The fourth-order valence-electron chi connectivity index (χ4n) is 4.02. The number of fused-ring (bicyclic) bond motifs is 1. The molecule has 1 atom stereocenters. The third-order valence-corrected chi connectivity index (χ3v) is 5.61. The first kappa shape index (κ1) is 19.1. The summed E-state index contributed by atoms with van der Waals surface area (Å²) in [4.78, 5) is 15.4. The highest BCUT2D eigenvalue weighted by Crippen LogP contribution is 2.37. The van der Waals surface area contributed by atoms with Crippen LogP contribution in [0.15, 0.2) is 72.8 Å². The van der Waals surface area contributed by atoms with Gasteiger partial charge in [0.25, 0.3) is 0 Å². The lowest BCUT2D eigenvalue weighted by atomic mass is 9.88. The summed E-state index contributed by atoms with van der Waals surface area (Å²) in [6.45, 7) is 0.879. The van der Waals surface area contributed by atoms with Crippen LogP contribution in [-0.2, 0) is 6.42 Å². The monoisotopic (exact) mass is 387 g/mol. The average molecular weight is 387 g/mol. The minimum absolute atomic E-state index is 0.00273. The maximum absolute atomic E-state index is 13.1. The number of ether oxygens (including phenoxy) is 2. The first-order chi connectivity index (χ1) is 14.2. The predicted octanol–water partition coefficient (Wildman–Crippen LogP) is 5.08. The Morgan fingerprint density at radius 3 is 2.17 bits per heavy atom. The van der Waals surface area contributed by atoms with Crippen LogP contribution in [-0.4, -0.2) is 26.5 Å². The first-order valence-electron chi connectivity index (χ1n) is 9.85. The maximum Gasteiger partial charge on any atom is 0.165 e. The lowest BCUT2D eigenvalue weighted by Gasteiger charge is -2.39. The van der Waals surface area contributed by atoms with Crippen molar-refractivity contribution in [1.29, 1.82) is 0 Å². The predicted molar refractivity (Wildman–Crippen MR) is 115 cm³/mol. The molecule has 148 valence electrons. The molecule has 0 radical (unpaired) electrons. The minimum atomic E-state index is 0.00273. The molecule has 0 aromatic heterocycles. The Balaban J connectivity index is 1.65. The van der Waals surface area contributed by atoms with Gasteiger partial charge in [-0.2, -0.15) is 0 Å². The van der Waals surface area contributed by atoms with Crippen LogP contribution in [0.1, 0.15) is 33.9 Å². The van der Waals surface area contributed by atoms with Gasteiger partial charge < -0.3 is 14.4 Å². The summed E-state index contributed by atoms with van der Waals surface area (Å²) in [5, 5.41) is 0. The number of carbonyl (C=O) groups is 1. The van der Waals surface area contributed by atoms with Crippen molar-refractivity contribution >= 4 is 11.5 Å². The second kappa shape index (κ2) is 8.39. The van der Waals surface area contributed by atoms with E-state index in [0.29, 0.717) is 12.0 Å². The molecule has 0 saturated heterocycles. The average Bonchev–Trinajstić information content (AvgIpc) is 2.79. The van der Waals surface area contributed by atoms with Crippen molar-refractivity contribution in [3.05, 3.63) is 89.5 Å². The SMILES string of the molecule is COc1ccc(C(=O)CC2c3ccccc3CCN2c2ccc(OC)cc2)cc1. The van der Waals surface area contributed by atoms with Crippen LogP contribution < -0.4 is 14.4 Å². The lowest BCUT2D eigenvalue weighted by molar-refractivity contribution is 0.0972. The summed E-state index contributed by atoms with van der Waals surface area (Å²) in [5.74, 6) is 1.72. The molecule has 1 aliphatic rings. The number of hydrogen-bond donors (Lipinski definition) is 0. The van der Waals surface area contributed by atoms with Gasteiger partial charge in [0.2, 0.25) is 0 Å². The maximum atomic E-state index is 13.1. The zero-order valence-electron chi connectivity index (χ0n) is 16.8. The van der Waals surface area contributed by atoms with Crippen LogP contribution in [0.4, 0.5) is 5.69 Å². The van der Waals surface area contributed by atoms with Gasteiger partial charge in [-0.25, -0.2) is 0 Å². The number of nitrogens with zero attached hydrogens (tertiary/aromatic N) is 1. The normalized spacial score (nSPS) is 15.5. The van der Waals surface area contributed by atoms with Crippen molar-refractivity contribution in [1.82, 2.24) is 0 Å². The van der Waals surface area contributed by atoms with Gasteiger partial charge in [-0.1, -0.05) is 24.3 Å². The number of hydrogen-bond acceptors (Lipinski definition) is 4. The summed E-state index contributed by atoms with van der Waals surface area (Å²) in [5.41, 5.74) is 4.37. The molecule has 0 N–H and O–H groups in total. The van der Waals surface area contributed by atoms with E-state index in [-0.39, 0.29) is 11.8 Å². The molecule has 0 saturated carbocycles. The fraction of sp³-hybridized carbons (Fsp3) is 0.240. The number of anilines is 1. The molecule has 0 aliphatic carbocycles. The highest BCUT2D eigenvalue weighted by atomic mass is 16.5. The van der Waals surface area contributed by atoms with Gasteiger partial charge in [0.15, 0.2) is 5.78 Å². The van der Waals surface area contributed by atoms with Gasteiger partial charge in [-0.15, -0.1) is 0 Å². The van der Waals surface area contributed by atoms with Crippen LogP contribution in [0.3, 0.4) is 0 Å². The number of carbonyl (C=O) groups excluding carboxylic acids is 1. The third-order valence-electron chi connectivity index (χ3n) is 5.61. The molecule has 0 fully saturated rings. The number of Topliss-reactive ketones (excluding diaryl/α,β-unsaturated/α-hetero) is 1. The standard InChI is InChI=1S/C25H25NO3/c1-28-21-11-7-19(8-12-21)25(27)17-24-23-6-4-3-5-18(23)15-16-26(24)20-9-13-22(29-2)14-10-20/h3-14,24H,15-17H2,1-2H3. The molecule has 1 unspecified atom stereocenters. The molecule has 0 bridgehead atoms. The molecule has 0 spiro atoms. The number of ketones is 1. The van der Waals surface area contributed by atoms with Crippen LogP contribution in [0.2, 0.25) is 0 Å². The summed E-state index contributed by atoms with van der Waals surface area (Å²) < 4.78 is 10.5. The van der Waals surface area contributed by atoms with Crippen molar-refractivity contribution in [2.75, 3.05) is 25.7 Å². The Kier molecular flexibility index (Phi) is 5.52. The van der Waals surface area contributed by atoms with Gasteiger partial charge in [0.05, 0.1) is 20.3 Å². The number of rotatable bonds is 6.